The highest BCUT2D eigenvalue weighted by molar-refractivity contribution is 5.87. The molecule has 0 heterocycles. The normalized spacial score (nSPS) is 15.5. The molecule has 0 aromatic heterocycles. The lowest BCUT2D eigenvalue weighted by Gasteiger charge is -2.31. The van der Waals surface area contributed by atoms with Gasteiger partial charge in [0.2, 0.25) is 11.8 Å². The predicted molar refractivity (Wildman–Crippen MR) is 116 cm³/mol. The molecular weight excluding hydrogens is 360 g/mol. The van der Waals surface area contributed by atoms with Crippen LogP contribution in [0, 0.1) is 0 Å². The zero-order valence-corrected chi connectivity index (χ0v) is 17.3. The van der Waals surface area contributed by atoms with Crippen molar-refractivity contribution in [2.75, 3.05) is 0 Å². The summed E-state index contributed by atoms with van der Waals surface area (Å²) in [5.41, 5.74) is 2.18. The number of nitrogens with one attached hydrogen (secondary N) is 1. The molecule has 2 amide bonds. The monoisotopic (exact) mass is 392 g/mol. The van der Waals surface area contributed by atoms with E-state index in [-0.39, 0.29) is 17.9 Å². The highest BCUT2D eigenvalue weighted by Gasteiger charge is 2.27. The van der Waals surface area contributed by atoms with E-state index >= 15 is 0 Å². The van der Waals surface area contributed by atoms with Crippen molar-refractivity contribution < 1.29 is 9.59 Å². The number of nitrogens with zero attached hydrogens (tertiary/aromatic N) is 1. The average molecular weight is 393 g/mol. The van der Waals surface area contributed by atoms with Crippen molar-refractivity contribution in [3.05, 3.63) is 71.8 Å². The Balaban J connectivity index is 1.67. The molecular formula is C25H32N2O2. The Bertz CT molecular complexity index is 770. The van der Waals surface area contributed by atoms with Gasteiger partial charge in [-0.05, 0) is 37.3 Å². The fourth-order valence-electron chi connectivity index (χ4n) is 3.97. The lowest BCUT2D eigenvalue weighted by Crippen LogP contribution is -2.50. The molecule has 3 rings (SSSR count). The summed E-state index contributed by atoms with van der Waals surface area (Å²) in [5, 5.41) is 3.18. The van der Waals surface area contributed by atoms with Crippen molar-refractivity contribution in [2.24, 2.45) is 0 Å². The number of rotatable bonds is 8. The lowest BCUT2D eigenvalue weighted by molar-refractivity contribution is -0.141. The van der Waals surface area contributed by atoms with Crippen LogP contribution >= 0.6 is 0 Å². The van der Waals surface area contributed by atoms with Crippen molar-refractivity contribution >= 4 is 11.8 Å². The summed E-state index contributed by atoms with van der Waals surface area (Å²) in [5.74, 6) is -0.0232. The third-order valence-electron chi connectivity index (χ3n) is 5.78. The molecule has 1 fully saturated rings. The average Bonchev–Trinajstić information content (AvgIpc) is 2.77. The van der Waals surface area contributed by atoms with Gasteiger partial charge in [-0.15, -0.1) is 0 Å². The first-order chi connectivity index (χ1) is 14.1. The van der Waals surface area contributed by atoms with Gasteiger partial charge in [0.25, 0.3) is 0 Å². The number of hydrogen-bond donors (Lipinski definition) is 1. The van der Waals surface area contributed by atoms with E-state index in [0.717, 1.165) is 24.0 Å². The van der Waals surface area contributed by atoms with Crippen molar-refractivity contribution in [3.63, 3.8) is 0 Å². The third kappa shape index (κ3) is 6.45. The summed E-state index contributed by atoms with van der Waals surface area (Å²) in [6.45, 7) is 2.30. The number of benzene rings is 2. The second kappa shape index (κ2) is 10.8. The zero-order chi connectivity index (χ0) is 20.5. The molecule has 0 spiro atoms. The predicted octanol–water partition coefficient (Wildman–Crippen LogP) is 4.49. The Hall–Kier alpha value is -2.62. The van der Waals surface area contributed by atoms with E-state index in [1.54, 1.807) is 4.90 Å². The summed E-state index contributed by atoms with van der Waals surface area (Å²) >= 11 is 0. The lowest BCUT2D eigenvalue weighted by atomic mass is 9.95. The van der Waals surface area contributed by atoms with Crippen LogP contribution in [0.1, 0.15) is 56.6 Å². The molecule has 0 saturated heterocycles. The molecule has 154 valence electrons. The Labute approximate surface area is 174 Å². The number of aryl methyl sites for hydroxylation is 1. The van der Waals surface area contributed by atoms with E-state index in [2.05, 4.69) is 5.32 Å². The van der Waals surface area contributed by atoms with Gasteiger partial charge in [0, 0.05) is 19.0 Å². The highest BCUT2D eigenvalue weighted by Crippen LogP contribution is 2.18. The molecule has 2 aromatic rings. The van der Waals surface area contributed by atoms with E-state index in [0.29, 0.717) is 19.4 Å². The second-order valence-corrected chi connectivity index (χ2v) is 8.01. The van der Waals surface area contributed by atoms with Crippen LogP contribution in [-0.2, 0) is 22.6 Å². The molecule has 1 N–H and O–H groups in total. The molecule has 0 bridgehead atoms. The fraction of sp³-hybridized carbons (Fsp3) is 0.440. The minimum absolute atomic E-state index is 0.0176. The molecule has 2 aromatic carbocycles. The van der Waals surface area contributed by atoms with Crippen LogP contribution in [0.5, 0.6) is 0 Å². The van der Waals surface area contributed by atoms with Crippen LogP contribution in [0.15, 0.2) is 60.7 Å². The first-order valence-electron chi connectivity index (χ1n) is 10.8. The number of carbonyl (C=O) groups excluding carboxylic acids is 2. The summed E-state index contributed by atoms with van der Waals surface area (Å²) < 4.78 is 0. The van der Waals surface area contributed by atoms with E-state index in [1.165, 1.54) is 19.3 Å². The molecule has 1 atom stereocenters. The quantitative estimate of drug-likeness (QED) is 0.720. The van der Waals surface area contributed by atoms with E-state index in [1.807, 2.05) is 67.6 Å². The Kier molecular flexibility index (Phi) is 7.85. The number of amides is 2. The van der Waals surface area contributed by atoms with Gasteiger partial charge in [0.1, 0.15) is 6.04 Å². The van der Waals surface area contributed by atoms with Crippen molar-refractivity contribution in [3.8, 4) is 0 Å². The minimum atomic E-state index is -0.486. The van der Waals surface area contributed by atoms with Gasteiger partial charge in [-0.3, -0.25) is 9.59 Å². The van der Waals surface area contributed by atoms with Gasteiger partial charge < -0.3 is 10.2 Å². The zero-order valence-electron chi connectivity index (χ0n) is 17.3. The third-order valence-corrected chi connectivity index (χ3v) is 5.78. The van der Waals surface area contributed by atoms with Gasteiger partial charge in [-0.2, -0.15) is 0 Å². The molecule has 0 radical (unpaired) electrons. The molecule has 4 nitrogen and oxygen atoms in total. The van der Waals surface area contributed by atoms with E-state index in [9.17, 15) is 9.59 Å². The van der Waals surface area contributed by atoms with E-state index < -0.39 is 6.04 Å². The molecule has 1 aliphatic rings. The highest BCUT2D eigenvalue weighted by atomic mass is 16.2. The standard InChI is InChI=1S/C25H32N2O2/c1-20(25(29)26-23-15-9-4-10-16-23)27(19-22-13-7-3-8-14-22)24(28)18-17-21-11-5-2-6-12-21/h2-3,5-8,11-14,20,23H,4,9-10,15-19H2,1H3,(H,26,29)/t20-/m0/s1. The van der Waals surface area contributed by atoms with Crippen LogP contribution in [0.2, 0.25) is 0 Å². The van der Waals surface area contributed by atoms with Crippen molar-refractivity contribution in [1.82, 2.24) is 10.2 Å². The molecule has 0 aliphatic heterocycles. The van der Waals surface area contributed by atoms with Gasteiger partial charge in [-0.1, -0.05) is 79.9 Å². The van der Waals surface area contributed by atoms with Crippen LogP contribution < -0.4 is 5.32 Å². The van der Waals surface area contributed by atoms with Gasteiger partial charge in [0.05, 0.1) is 0 Å². The number of hydrogen-bond acceptors (Lipinski definition) is 2. The fourth-order valence-corrected chi connectivity index (χ4v) is 3.97. The smallest absolute Gasteiger partial charge is 0.242 e. The number of carbonyl (C=O) groups is 2. The van der Waals surface area contributed by atoms with Crippen LogP contribution in [-0.4, -0.2) is 28.8 Å². The van der Waals surface area contributed by atoms with Crippen LogP contribution in [0.4, 0.5) is 0 Å². The minimum Gasteiger partial charge on any atom is -0.352 e. The maximum atomic E-state index is 13.1. The summed E-state index contributed by atoms with van der Waals surface area (Å²) in [6.07, 6.45) is 6.75. The van der Waals surface area contributed by atoms with Crippen LogP contribution in [0.25, 0.3) is 0 Å². The largest absolute Gasteiger partial charge is 0.352 e. The van der Waals surface area contributed by atoms with E-state index in [4.69, 9.17) is 0 Å². The molecule has 1 saturated carbocycles. The van der Waals surface area contributed by atoms with Crippen molar-refractivity contribution in [1.29, 1.82) is 0 Å². The van der Waals surface area contributed by atoms with Crippen LogP contribution in [0.3, 0.4) is 0 Å². The maximum absolute atomic E-state index is 13.1. The maximum Gasteiger partial charge on any atom is 0.242 e. The summed E-state index contributed by atoms with van der Waals surface area (Å²) in [4.78, 5) is 27.8. The summed E-state index contributed by atoms with van der Waals surface area (Å²) in [7, 11) is 0. The first kappa shape index (κ1) is 21.1. The molecule has 4 heteroatoms. The summed E-state index contributed by atoms with van der Waals surface area (Å²) in [6, 6.07) is 19.7. The van der Waals surface area contributed by atoms with Gasteiger partial charge in [-0.25, -0.2) is 0 Å². The molecule has 1 aliphatic carbocycles. The topological polar surface area (TPSA) is 49.4 Å². The van der Waals surface area contributed by atoms with Gasteiger partial charge >= 0.3 is 0 Å². The van der Waals surface area contributed by atoms with Crippen molar-refractivity contribution in [2.45, 2.75) is 70.5 Å². The second-order valence-electron chi connectivity index (χ2n) is 8.01. The molecule has 0 unspecified atom stereocenters. The molecule has 29 heavy (non-hydrogen) atoms. The Morgan fingerprint density at radius 1 is 0.931 bits per heavy atom. The first-order valence-corrected chi connectivity index (χ1v) is 10.8. The van der Waals surface area contributed by atoms with Gasteiger partial charge in [0.15, 0.2) is 0 Å². The Morgan fingerprint density at radius 3 is 2.14 bits per heavy atom. The Morgan fingerprint density at radius 2 is 1.52 bits per heavy atom. The SMILES string of the molecule is C[C@@H](C(=O)NC1CCCCC1)N(Cc1ccccc1)C(=O)CCc1ccccc1.